The number of ether oxygens (including phenoxy) is 1. The van der Waals surface area contributed by atoms with E-state index in [9.17, 15) is 4.79 Å². The maximum Gasteiger partial charge on any atom is 0.233 e. The molecular weight excluding hydrogens is 338 g/mol. The average molecular weight is 362 g/mol. The Morgan fingerprint density at radius 1 is 1.29 bits per heavy atom. The number of carbonyl (C=O) groups excluding carboxylic acids is 1. The first-order valence-corrected chi connectivity index (χ1v) is 10.2. The Hall–Kier alpha value is -1.46. The van der Waals surface area contributed by atoms with Crippen LogP contribution in [0.2, 0.25) is 0 Å². The summed E-state index contributed by atoms with van der Waals surface area (Å²) in [4.78, 5) is 18.5. The number of amides is 1. The molecule has 1 unspecified atom stereocenters. The minimum Gasteiger partial charge on any atom is -0.494 e. The zero-order chi connectivity index (χ0) is 16.9. The minimum absolute atomic E-state index is 0.238. The Bertz CT molecular complexity index is 681. The van der Waals surface area contributed by atoms with E-state index in [1.807, 2.05) is 42.5 Å². The summed E-state index contributed by atoms with van der Waals surface area (Å²) >= 11 is 3.41. The summed E-state index contributed by atoms with van der Waals surface area (Å²) < 4.78 is 5.45. The van der Waals surface area contributed by atoms with Crippen molar-refractivity contribution in [2.75, 3.05) is 18.9 Å². The van der Waals surface area contributed by atoms with Gasteiger partial charge in [-0.25, -0.2) is 0 Å². The number of likely N-dealkylation sites (tertiary alicyclic amines) is 1. The quantitative estimate of drug-likeness (QED) is 0.685. The van der Waals surface area contributed by atoms with Crippen molar-refractivity contribution >= 4 is 29.0 Å². The zero-order valence-corrected chi connectivity index (χ0v) is 15.8. The van der Waals surface area contributed by atoms with Crippen LogP contribution in [0, 0.1) is 6.92 Å². The molecule has 1 fully saturated rings. The highest BCUT2D eigenvalue weighted by Gasteiger charge is 2.30. The molecule has 128 valence electrons. The first-order valence-electron chi connectivity index (χ1n) is 8.39. The van der Waals surface area contributed by atoms with E-state index in [1.165, 1.54) is 9.75 Å². The van der Waals surface area contributed by atoms with E-state index >= 15 is 0 Å². The van der Waals surface area contributed by atoms with Crippen LogP contribution in [0.3, 0.4) is 0 Å². The van der Waals surface area contributed by atoms with E-state index in [2.05, 4.69) is 24.0 Å². The Kier molecular flexibility index (Phi) is 5.85. The Balaban J connectivity index is 1.57. The van der Waals surface area contributed by atoms with Gasteiger partial charge in [-0.1, -0.05) is 0 Å². The molecule has 1 amide bonds. The molecule has 1 aromatic heterocycles. The molecule has 3 nitrogen and oxygen atoms in total. The number of nitrogens with zero attached hydrogens (tertiary/aromatic N) is 1. The Labute approximate surface area is 152 Å². The predicted molar refractivity (Wildman–Crippen MR) is 101 cm³/mol. The monoisotopic (exact) mass is 361 g/mol. The fourth-order valence-electron chi connectivity index (χ4n) is 3.02. The topological polar surface area (TPSA) is 29.5 Å². The van der Waals surface area contributed by atoms with E-state index in [1.54, 1.807) is 11.8 Å². The van der Waals surface area contributed by atoms with Gasteiger partial charge in [-0.05, 0) is 63.1 Å². The molecule has 0 radical (unpaired) electrons. The molecule has 3 rings (SSSR count). The van der Waals surface area contributed by atoms with Gasteiger partial charge in [-0.2, -0.15) is 0 Å². The molecule has 0 spiro atoms. The summed E-state index contributed by atoms with van der Waals surface area (Å²) in [5.41, 5.74) is 0. The van der Waals surface area contributed by atoms with Gasteiger partial charge in [-0.15, -0.1) is 23.1 Å². The highest BCUT2D eigenvalue weighted by molar-refractivity contribution is 8.00. The second-order valence-electron chi connectivity index (χ2n) is 5.89. The van der Waals surface area contributed by atoms with Gasteiger partial charge < -0.3 is 9.64 Å². The average Bonchev–Trinajstić information content (AvgIpc) is 3.23. The van der Waals surface area contributed by atoms with E-state index in [-0.39, 0.29) is 11.9 Å². The Morgan fingerprint density at radius 2 is 2.08 bits per heavy atom. The summed E-state index contributed by atoms with van der Waals surface area (Å²) in [6.45, 7) is 5.65. The van der Waals surface area contributed by atoms with Gasteiger partial charge in [-0.3, -0.25) is 4.79 Å². The molecular formula is C19H23NO2S2. The first kappa shape index (κ1) is 17.4. The molecule has 2 aromatic rings. The van der Waals surface area contributed by atoms with Crippen LogP contribution in [-0.4, -0.2) is 29.7 Å². The SMILES string of the molecule is CCOc1ccc(SCC(=O)N2CCCC2c2ccc(C)s2)cc1. The fourth-order valence-corrected chi connectivity index (χ4v) is 4.83. The van der Waals surface area contributed by atoms with Crippen molar-refractivity contribution in [1.29, 1.82) is 0 Å². The second-order valence-corrected chi connectivity index (χ2v) is 8.25. The van der Waals surface area contributed by atoms with E-state index in [0.29, 0.717) is 12.4 Å². The van der Waals surface area contributed by atoms with Crippen LogP contribution in [0.5, 0.6) is 5.75 Å². The molecule has 1 atom stereocenters. The lowest BCUT2D eigenvalue weighted by atomic mass is 10.2. The number of hydrogen-bond acceptors (Lipinski definition) is 4. The third kappa shape index (κ3) is 4.14. The maximum atomic E-state index is 12.7. The van der Waals surface area contributed by atoms with Crippen molar-refractivity contribution in [3.63, 3.8) is 0 Å². The zero-order valence-electron chi connectivity index (χ0n) is 14.2. The van der Waals surface area contributed by atoms with Gasteiger partial charge in [0.25, 0.3) is 0 Å². The van der Waals surface area contributed by atoms with Crippen LogP contribution in [0.4, 0.5) is 0 Å². The van der Waals surface area contributed by atoms with Crippen molar-refractivity contribution in [3.05, 3.63) is 46.2 Å². The molecule has 0 aliphatic carbocycles. The summed E-state index contributed by atoms with van der Waals surface area (Å²) in [5.74, 6) is 1.61. The lowest BCUT2D eigenvalue weighted by molar-refractivity contribution is -0.129. The lowest BCUT2D eigenvalue weighted by Gasteiger charge is -2.23. The molecule has 1 aliphatic rings. The third-order valence-electron chi connectivity index (χ3n) is 4.16. The number of aryl methyl sites for hydroxylation is 1. The maximum absolute atomic E-state index is 12.7. The third-order valence-corrected chi connectivity index (χ3v) is 6.26. The van der Waals surface area contributed by atoms with Crippen LogP contribution < -0.4 is 4.74 Å². The van der Waals surface area contributed by atoms with Gasteiger partial charge >= 0.3 is 0 Å². The number of thioether (sulfide) groups is 1. The number of rotatable bonds is 6. The second kappa shape index (κ2) is 8.08. The highest BCUT2D eigenvalue weighted by Crippen LogP contribution is 2.36. The molecule has 5 heteroatoms. The van der Waals surface area contributed by atoms with Crippen LogP contribution in [0.1, 0.15) is 35.6 Å². The van der Waals surface area contributed by atoms with E-state index < -0.39 is 0 Å². The number of benzene rings is 1. The van der Waals surface area contributed by atoms with Gasteiger partial charge in [0, 0.05) is 21.2 Å². The molecule has 1 saturated heterocycles. The van der Waals surface area contributed by atoms with Gasteiger partial charge in [0.2, 0.25) is 5.91 Å². The van der Waals surface area contributed by atoms with E-state index in [0.717, 1.165) is 30.0 Å². The largest absolute Gasteiger partial charge is 0.494 e. The standard InChI is InChI=1S/C19H23NO2S2/c1-3-22-15-7-9-16(10-8-15)23-13-19(21)20-12-4-5-17(20)18-11-6-14(2)24-18/h6-11,17H,3-5,12-13H2,1-2H3. The molecule has 0 saturated carbocycles. The van der Waals surface area contributed by atoms with Crippen molar-refractivity contribution in [3.8, 4) is 5.75 Å². The van der Waals surface area contributed by atoms with Gasteiger partial charge in [0.1, 0.15) is 5.75 Å². The van der Waals surface area contributed by atoms with Crippen molar-refractivity contribution in [2.24, 2.45) is 0 Å². The summed E-state index contributed by atoms with van der Waals surface area (Å²) in [6.07, 6.45) is 2.18. The van der Waals surface area contributed by atoms with Crippen molar-refractivity contribution in [1.82, 2.24) is 4.90 Å². The van der Waals surface area contributed by atoms with Crippen LogP contribution in [0.25, 0.3) is 0 Å². The molecule has 1 aliphatic heterocycles. The normalized spacial score (nSPS) is 17.2. The van der Waals surface area contributed by atoms with Crippen molar-refractivity contribution in [2.45, 2.75) is 37.6 Å². The fraction of sp³-hybridized carbons (Fsp3) is 0.421. The number of thiophene rings is 1. The minimum atomic E-state index is 0.238. The van der Waals surface area contributed by atoms with Crippen LogP contribution >= 0.6 is 23.1 Å². The molecule has 1 aromatic carbocycles. The highest BCUT2D eigenvalue weighted by atomic mass is 32.2. The smallest absolute Gasteiger partial charge is 0.233 e. The van der Waals surface area contributed by atoms with Crippen LogP contribution in [-0.2, 0) is 4.79 Å². The van der Waals surface area contributed by atoms with Gasteiger partial charge in [0.15, 0.2) is 0 Å². The molecule has 24 heavy (non-hydrogen) atoms. The van der Waals surface area contributed by atoms with Crippen LogP contribution in [0.15, 0.2) is 41.3 Å². The summed E-state index contributed by atoms with van der Waals surface area (Å²) in [5, 5.41) is 0. The summed E-state index contributed by atoms with van der Waals surface area (Å²) in [6, 6.07) is 12.6. The predicted octanol–water partition coefficient (Wildman–Crippen LogP) is 4.91. The number of carbonyl (C=O) groups is 1. The molecule has 0 N–H and O–H groups in total. The number of hydrogen-bond donors (Lipinski definition) is 0. The van der Waals surface area contributed by atoms with E-state index in [4.69, 9.17) is 4.74 Å². The first-order chi connectivity index (χ1) is 11.7. The summed E-state index contributed by atoms with van der Waals surface area (Å²) in [7, 11) is 0. The molecule has 0 bridgehead atoms. The van der Waals surface area contributed by atoms with Crippen molar-refractivity contribution < 1.29 is 9.53 Å². The molecule has 2 heterocycles. The Morgan fingerprint density at radius 3 is 2.75 bits per heavy atom. The van der Waals surface area contributed by atoms with Gasteiger partial charge in [0.05, 0.1) is 18.4 Å². The lowest BCUT2D eigenvalue weighted by Crippen LogP contribution is -2.31.